The molecule has 0 spiro atoms. The molecule has 0 saturated carbocycles. The zero-order valence-electron chi connectivity index (χ0n) is 16.6. The summed E-state index contributed by atoms with van der Waals surface area (Å²) in [5.74, 6) is 1.41. The predicted octanol–water partition coefficient (Wildman–Crippen LogP) is 4.21. The quantitative estimate of drug-likeness (QED) is 0.677. The Labute approximate surface area is 155 Å². The highest BCUT2D eigenvalue weighted by Crippen LogP contribution is 2.39. The number of benzene rings is 1. The lowest BCUT2D eigenvalue weighted by Gasteiger charge is -2.21. The minimum atomic E-state index is -0.341. The molecule has 0 saturated heterocycles. The first-order valence-corrected chi connectivity index (χ1v) is 9.53. The molecular weight excluding hydrogens is 330 g/mol. The van der Waals surface area contributed by atoms with Gasteiger partial charge in [-0.05, 0) is 59.1 Å². The Kier molecular flexibility index (Phi) is 7.09. The Morgan fingerprint density at radius 3 is 2.27 bits per heavy atom. The van der Waals surface area contributed by atoms with Gasteiger partial charge in [0.1, 0.15) is 17.1 Å². The van der Waals surface area contributed by atoms with E-state index in [0.717, 1.165) is 35.8 Å². The number of hydrogen-bond donors (Lipinski definition) is 1. The number of ether oxygens (including phenoxy) is 2. The minimum Gasteiger partial charge on any atom is -0.490 e. The Morgan fingerprint density at radius 1 is 1.04 bits per heavy atom. The van der Waals surface area contributed by atoms with E-state index in [9.17, 15) is 4.79 Å². The van der Waals surface area contributed by atoms with Gasteiger partial charge in [0.05, 0.1) is 17.6 Å². The van der Waals surface area contributed by atoms with Gasteiger partial charge in [-0.3, -0.25) is 0 Å². The number of hydrogen-bond acceptors (Lipinski definition) is 5. The number of nitrogens with two attached hydrogens (primary N) is 1. The average molecular weight is 361 g/mol. The van der Waals surface area contributed by atoms with Crippen molar-refractivity contribution in [3.8, 4) is 11.5 Å². The normalized spacial score (nSPS) is 11.5. The fourth-order valence-corrected chi connectivity index (χ4v) is 3.10. The molecule has 2 aromatic rings. The summed E-state index contributed by atoms with van der Waals surface area (Å²) in [7, 11) is 0. The van der Waals surface area contributed by atoms with Gasteiger partial charge >= 0.3 is 5.63 Å². The van der Waals surface area contributed by atoms with Crippen LogP contribution in [0.5, 0.6) is 11.5 Å². The smallest absolute Gasteiger partial charge is 0.336 e. The summed E-state index contributed by atoms with van der Waals surface area (Å²) in [5, 5.41) is 0.878. The zero-order valence-corrected chi connectivity index (χ0v) is 16.6. The molecule has 5 heteroatoms. The standard InChI is InChI=1S/C21H31NO4/c1-6-8-15-11-19(23)26-21-16(9-7-10-22)17(24-13(2)3)12-18(20(15)21)25-14(4)5/h11-14H,6-10,22H2,1-5H3. The van der Waals surface area contributed by atoms with Crippen LogP contribution in [-0.2, 0) is 12.8 Å². The van der Waals surface area contributed by atoms with Crippen LogP contribution in [0.25, 0.3) is 11.0 Å². The monoisotopic (exact) mass is 361 g/mol. The van der Waals surface area contributed by atoms with Crippen LogP contribution in [0.3, 0.4) is 0 Å². The molecule has 0 aliphatic heterocycles. The largest absolute Gasteiger partial charge is 0.490 e. The van der Waals surface area contributed by atoms with E-state index < -0.39 is 0 Å². The fraction of sp³-hybridized carbons (Fsp3) is 0.571. The third-order valence-electron chi connectivity index (χ3n) is 4.00. The molecule has 0 radical (unpaired) electrons. The van der Waals surface area contributed by atoms with Crippen LogP contribution >= 0.6 is 0 Å². The van der Waals surface area contributed by atoms with E-state index in [4.69, 9.17) is 19.6 Å². The van der Waals surface area contributed by atoms with Crippen molar-refractivity contribution in [1.82, 2.24) is 0 Å². The molecule has 0 unspecified atom stereocenters. The van der Waals surface area contributed by atoms with Crippen LogP contribution in [0, 0.1) is 0 Å². The van der Waals surface area contributed by atoms with Crippen molar-refractivity contribution in [3.05, 3.63) is 33.7 Å². The fourth-order valence-electron chi connectivity index (χ4n) is 3.10. The van der Waals surface area contributed by atoms with Crippen molar-refractivity contribution in [2.45, 2.75) is 72.5 Å². The van der Waals surface area contributed by atoms with Gasteiger partial charge in [-0.2, -0.15) is 0 Å². The second kappa shape index (κ2) is 9.08. The van der Waals surface area contributed by atoms with E-state index in [1.54, 1.807) is 6.07 Å². The van der Waals surface area contributed by atoms with Gasteiger partial charge < -0.3 is 19.6 Å². The molecule has 5 nitrogen and oxygen atoms in total. The second-order valence-corrected chi connectivity index (χ2v) is 7.12. The lowest BCUT2D eigenvalue weighted by atomic mass is 9.98. The molecule has 2 rings (SSSR count). The molecular formula is C21H31NO4. The molecule has 0 bridgehead atoms. The van der Waals surface area contributed by atoms with Crippen molar-refractivity contribution < 1.29 is 13.9 Å². The Bertz CT molecular complexity index is 793. The van der Waals surface area contributed by atoms with E-state index >= 15 is 0 Å². The van der Waals surface area contributed by atoms with Crippen LogP contribution < -0.4 is 20.8 Å². The second-order valence-electron chi connectivity index (χ2n) is 7.12. The minimum absolute atomic E-state index is 0.00129. The molecule has 2 N–H and O–H groups in total. The molecule has 0 fully saturated rings. The summed E-state index contributed by atoms with van der Waals surface area (Å²) in [6.45, 7) is 10.6. The van der Waals surface area contributed by atoms with Crippen LogP contribution in [0.4, 0.5) is 0 Å². The van der Waals surface area contributed by atoms with Gasteiger partial charge in [-0.1, -0.05) is 13.3 Å². The van der Waals surface area contributed by atoms with Crippen molar-refractivity contribution in [3.63, 3.8) is 0 Å². The summed E-state index contributed by atoms with van der Waals surface area (Å²) >= 11 is 0. The van der Waals surface area contributed by atoms with Gasteiger partial charge in [0.2, 0.25) is 0 Å². The molecule has 0 atom stereocenters. The predicted molar refractivity (Wildman–Crippen MR) is 105 cm³/mol. The summed E-state index contributed by atoms with van der Waals surface area (Å²) in [6, 6.07) is 3.52. The van der Waals surface area contributed by atoms with Gasteiger partial charge in [-0.25, -0.2) is 4.79 Å². The Hall–Kier alpha value is -2.01. The molecule has 0 amide bonds. The van der Waals surface area contributed by atoms with Crippen LogP contribution in [0.15, 0.2) is 21.3 Å². The maximum Gasteiger partial charge on any atom is 0.336 e. The van der Waals surface area contributed by atoms with Crippen LogP contribution in [0.2, 0.25) is 0 Å². The summed E-state index contributed by atoms with van der Waals surface area (Å²) < 4.78 is 17.8. The lowest BCUT2D eigenvalue weighted by molar-refractivity contribution is 0.229. The lowest BCUT2D eigenvalue weighted by Crippen LogP contribution is -2.13. The molecule has 0 aliphatic carbocycles. The summed E-state index contributed by atoms with van der Waals surface area (Å²) in [5.41, 5.74) is 7.80. The first kappa shape index (κ1) is 20.3. The molecule has 144 valence electrons. The van der Waals surface area contributed by atoms with Gasteiger partial charge in [0.15, 0.2) is 0 Å². The van der Waals surface area contributed by atoms with Crippen molar-refractivity contribution in [2.75, 3.05) is 6.54 Å². The summed E-state index contributed by atoms with van der Waals surface area (Å²) in [4.78, 5) is 12.2. The van der Waals surface area contributed by atoms with E-state index in [1.807, 2.05) is 33.8 Å². The molecule has 0 aliphatic rings. The SMILES string of the molecule is CCCc1cc(=O)oc2c(CCCN)c(OC(C)C)cc(OC(C)C)c12. The highest BCUT2D eigenvalue weighted by Gasteiger charge is 2.21. The zero-order chi connectivity index (χ0) is 19.3. The Morgan fingerprint density at radius 2 is 1.69 bits per heavy atom. The number of fused-ring (bicyclic) bond motifs is 1. The third-order valence-corrected chi connectivity index (χ3v) is 4.00. The van der Waals surface area contributed by atoms with Crippen molar-refractivity contribution in [2.24, 2.45) is 5.73 Å². The summed E-state index contributed by atoms with van der Waals surface area (Å²) in [6.07, 6.45) is 3.20. The van der Waals surface area contributed by atoms with E-state index in [0.29, 0.717) is 30.0 Å². The first-order valence-electron chi connectivity index (χ1n) is 9.53. The van der Waals surface area contributed by atoms with Gasteiger partial charge in [-0.15, -0.1) is 0 Å². The Balaban J connectivity index is 2.83. The topological polar surface area (TPSA) is 74.7 Å². The molecule has 1 aromatic carbocycles. The van der Waals surface area contributed by atoms with Gasteiger partial charge in [0, 0.05) is 17.7 Å². The first-order chi connectivity index (χ1) is 12.4. The number of aryl methyl sites for hydroxylation is 2. The number of rotatable bonds is 9. The van der Waals surface area contributed by atoms with E-state index in [-0.39, 0.29) is 17.8 Å². The highest BCUT2D eigenvalue weighted by atomic mass is 16.5. The van der Waals surface area contributed by atoms with E-state index in [2.05, 4.69) is 6.92 Å². The van der Waals surface area contributed by atoms with Crippen LogP contribution in [0.1, 0.15) is 58.6 Å². The average Bonchev–Trinajstić information content (AvgIpc) is 2.53. The maximum atomic E-state index is 12.2. The van der Waals surface area contributed by atoms with Crippen molar-refractivity contribution >= 4 is 11.0 Å². The molecule has 1 aromatic heterocycles. The van der Waals surface area contributed by atoms with Crippen molar-refractivity contribution in [1.29, 1.82) is 0 Å². The van der Waals surface area contributed by atoms with Crippen LogP contribution in [-0.4, -0.2) is 18.8 Å². The maximum absolute atomic E-state index is 12.2. The molecule has 26 heavy (non-hydrogen) atoms. The van der Waals surface area contributed by atoms with E-state index in [1.165, 1.54) is 0 Å². The molecule has 1 heterocycles. The third kappa shape index (κ3) is 4.79. The highest BCUT2D eigenvalue weighted by molar-refractivity contribution is 5.91. The van der Waals surface area contributed by atoms with Gasteiger partial charge in [0.25, 0.3) is 0 Å².